The number of benzene rings is 1. The van der Waals surface area contributed by atoms with E-state index in [4.69, 9.17) is 9.72 Å². The molecule has 3 heterocycles. The highest BCUT2D eigenvalue weighted by Crippen LogP contribution is 2.25. The summed E-state index contributed by atoms with van der Waals surface area (Å²) < 4.78 is 19.5. The number of halogens is 1. The van der Waals surface area contributed by atoms with Crippen molar-refractivity contribution in [3.05, 3.63) is 54.0 Å². The topological polar surface area (TPSA) is 45.7 Å². The Labute approximate surface area is 171 Å². The molecule has 2 fully saturated rings. The van der Waals surface area contributed by atoms with Crippen molar-refractivity contribution < 1.29 is 13.9 Å². The van der Waals surface area contributed by atoms with Crippen molar-refractivity contribution in [2.24, 2.45) is 5.92 Å². The van der Waals surface area contributed by atoms with E-state index >= 15 is 0 Å². The van der Waals surface area contributed by atoms with E-state index in [9.17, 15) is 9.18 Å². The molecule has 29 heavy (non-hydrogen) atoms. The fourth-order valence-corrected chi connectivity index (χ4v) is 4.01. The average molecular weight is 397 g/mol. The summed E-state index contributed by atoms with van der Waals surface area (Å²) >= 11 is 0. The second kappa shape index (κ2) is 9.01. The van der Waals surface area contributed by atoms with Gasteiger partial charge in [0.1, 0.15) is 11.9 Å². The minimum absolute atomic E-state index is 0.188. The second-order valence-corrected chi connectivity index (χ2v) is 8.12. The highest BCUT2D eigenvalue weighted by Gasteiger charge is 2.27. The molecule has 1 aromatic heterocycles. The van der Waals surface area contributed by atoms with E-state index in [2.05, 4.69) is 11.8 Å². The minimum Gasteiger partial charge on any atom is -0.369 e. The van der Waals surface area contributed by atoms with Gasteiger partial charge in [0.15, 0.2) is 0 Å². The predicted octanol–water partition coefficient (Wildman–Crippen LogP) is 3.52. The Hall–Kier alpha value is -2.31. The highest BCUT2D eigenvalue weighted by atomic mass is 19.1. The van der Waals surface area contributed by atoms with Gasteiger partial charge >= 0.3 is 0 Å². The maximum atomic E-state index is 13.6. The molecule has 0 saturated carbocycles. The maximum absolute atomic E-state index is 13.6. The molecule has 5 nitrogen and oxygen atoms in total. The first kappa shape index (κ1) is 20.0. The first-order chi connectivity index (χ1) is 14.1. The van der Waals surface area contributed by atoms with Crippen molar-refractivity contribution in [2.45, 2.75) is 25.9 Å². The van der Waals surface area contributed by atoms with Crippen molar-refractivity contribution in [1.82, 2.24) is 14.8 Å². The van der Waals surface area contributed by atoms with Crippen molar-refractivity contribution >= 4 is 5.91 Å². The lowest BCUT2D eigenvalue weighted by Gasteiger charge is -2.35. The van der Waals surface area contributed by atoms with Gasteiger partial charge in [0.25, 0.3) is 0 Å². The number of aromatic nitrogens is 1. The van der Waals surface area contributed by atoms with Crippen LogP contribution in [0.4, 0.5) is 4.39 Å². The Balaban J connectivity index is 1.41. The van der Waals surface area contributed by atoms with Crippen LogP contribution in [0.1, 0.15) is 31.6 Å². The summed E-state index contributed by atoms with van der Waals surface area (Å²) in [6, 6.07) is 12.2. The summed E-state index contributed by atoms with van der Waals surface area (Å²) in [6.45, 7) is 6.36. The number of hydrogen-bond donors (Lipinski definition) is 0. The smallest absolute Gasteiger partial charge is 0.236 e. The molecule has 2 saturated heterocycles. The minimum atomic E-state index is -0.277. The number of rotatable bonds is 4. The second-order valence-electron chi connectivity index (χ2n) is 8.12. The number of amides is 1. The van der Waals surface area contributed by atoms with Crippen molar-refractivity contribution in [3.63, 3.8) is 0 Å². The van der Waals surface area contributed by atoms with Crippen LogP contribution in [0.3, 0.4) is 0 Å². The normalized spacial score (nSPS) is 21.3. The Morgan fingerprint density at radius 3 is 2.76 bits per heavy atom. The molecule has 1 amide bonds. The van der Waals surface area contributed by atoms with Gasteiger partial charge in [-0.1, -0.05) is 25.1 Å². The number of piperidine rings is 1. The number of carbonyl (C=O) groups excluding carboxylic acids is 1. The molecule has 6 heteroatoms. The van der Waals surface area contributed by atoms with Crippen LogP contribution in [0.2, 0.25) is 0 Å². The lowest BCUT2D eigenvalue weighted by molar-refractivity contribution is -0.135. The molecule has 4 rings (SSSR count). The average Bonchev–Trinajstić information content (AvgIpc) is 2.74. The van der Waals surface area contributed by atoms with Crippen LogP contribution in [0.15, 0.2) is 42.5 Å². The molecule has 0 bridgehead atoms. The molecule has 1 aromatic carbocycles. The lowest BCUT2D eigenvalue weighted by Crippen LogP contribution is -2.47. The van der Waals surface area contributed by atoms with Gasteiger partial charge in [-0.25, -0.2) is 4.39 Å². The van der Waals surface area contributed by atoms with Gasteiger partial charge < -0.3 is 9.64 Å². The number of nitrogens with zero attached hydrogens (tertiary/aromatic N) is 3. The third kappa shape index (κ3) is 5.00. The van der Waals surface area contributed by atoms with Crippen LogP contribution < -0.4 is 0 Å². The summed E-state index contributed by atoms with van der Waals surface area (Å²) in [5, 5.41) is 0. The SMILES string of the molecule is CC1CCN(C(=O)CN2CCO[C@@H](c3cccc(-c4cccc(F)c4)n3)C2)CC1. The summed E-state index contributed by atoms with van der Waals surface area (Å²) in [6.07, 6.45) is 1.99. The Morgan fingerprint density at radius 2 is 1.97 bits per heavy atom. The molecule has 2 aliphatic heterocycles. The number of likely N-dealkylation sites (tertiary alicyclic amines) is 1. The van der Waals surface area contributed by atoms with Crippen molar-refractivity contribution in [1.29, 1.82) is 0 Å². The zero-order valence-corrected chi connectivity index (χ0v) is 16.9. The third-order valence-corrected chi connectivity index (χ3v) is 5.87. The van der Waals surface area contributed by atoms with Crippen LogP contribution in [0, 0.1) is 11.7 Å². The quantitative estimate of drug-likeness (QED) is 0.792. The molecule has 0 spiro atoms. The van der Waals surface area contributed by atoms with E-state index in [0.717, 1.165) is 49.4 Å². The van der Waals surface area contributed by atoms with Gasteiger partial charge in [-0.2, -0.15) is 0 Å². The number of hydrogen-bond acceptors (Lipinski definition) is 4. The molecule has 2 aliphatic rings. The van der Waals surface area contributed by atoms with Gasteiger partial charge in [0.05, 0.1) is 24.5 Å². The van der Waals surface area contributed by atoms with E-state index in [0.29, 0.717) is 25.6 Å². The van der Waals surface area contributed by atoms with Gasteiger partial charge in [-0.3, -0.25) is 14.7 Å². The number of ether oxygens (including phenoxy) is 1. The monoisotopic (exact) mass is 397 g/mol. The Bertz CT molecular complexity index is 852. The molecule has 0 N–H and O–H groups in total. The number of morpholine rings is 1. The number of pyridine rings is 1. The van der Waals surface area contributed by atoms with E-state index in [1.165, 1.54) is 12.1 Å². The van der Waals surface area contributed by atoms with Crippen molar-refractivity contribution in [2.75, 3.05) is 39.3 Å². The van der Waals surface area contributed by atoms with E-state index in [-0.39, 0.29) is 17.8 Å². The third-order valence-electron chi connectivity index (χ3n) is 5.87. The first-order valence-electron chi connectivity index (χ1n) is 10.4. The maximum Gasteiger partial charge on any atom is 0.236 e. The van der Waals surface area contributed by atoms with Gasteiger partial charge in [-0.05, 0) is 43.0 Å². The van der Waals surface area contributed by atoms with Gasteiger partial charge in [-0.15, -0.1) is 0 Å². The standard InChI is InChI=1S/C23H28FN3O2/c1-17-8-10-27(11-9-17)23(28)16-26-12-13-29-22(15-26)21-7-3-6-20(25-21)18-4-2-5-19(24)14-18/h2-7,14,17,22H,8-13,15-16H2,1H3/t22-/m1/s1. The fraction of sp³-hybridized carbons (Fsp3) is 0.478. The largest absolute Gasteiger partial charge is 0.369 e. The summed E-state index contributed by atoms with van der Waals surface area (Å²) in [5.41, 5.74) is 2.28. The molecular weight excluding hydrogens is 369 g/mol. The highest BCUT2D eigenvalue weighted by molar-refractivity contribution is 5.78. The summed E-state index contributed by atoms with van der Waals surface area (Å²) in [4.78, 5) is 21.5. The molecule has 0 unspecified atom stereocenters. The summed E-state index contributed by atoms with van der Waals surface area (Å²) in [5.74, 6) is 0.641. The van der Waals surface area contributed by atoms with Crippen molar-refractivity contribution in [3.8, 4) is 11.3 Å². The molecule has 154 valence electrons. The zero-order valence-electron chi connectivity index (χ0n) is 16.9. The molecule has 1 atom stereocenters. The Morgan fingerprint density at radius 1 is 1.17 bits per heavy atom. The number of carbonyl (C=O) groups is 1. The Kier molecular flexibility index (Phi) is 6.21. The van der Waals surface area contributed by atoms with Crippen LogP contribution >= 0.6 is 0 Å². The van der Waals surface area contributed by atoms with Crippen LogP contribution in [0.25, 0.3) is 11.3 Å². The summed E-state index contributed by atoms with van der Waals surface area (Å²) in [7, 11) is 0. The lowest BCUT2D eigenvalue weighted by atomic mass is 9.99. The van der Waals surface area contributed by atoms with Crippen LogP contribution in [-0.2, 0) is 9.53 Å². The van der Waals surface area contributed by atoms with E-state index in [1.807, 2.05) is 29.2 Å². The van der Waals surface area contributed by atoms with Crippen LogP contribution in [-0.4, -0.2) is 60.0 Å². The fourth-order valence-electron chi connectivity index (χ4n) is 4.01. The van der Waals surface area contributed by atoms with Gasteiger partial charge in [0.2, 0.25) is 5.91 Å². The molecule has 2 aromatic rings. The molecular formula is C23H28FN3O2. The van der Waals surface area contributed by atoms with E-state index < -0.39 is 0 Å². The molecule has 0 aliphatic carbocycles. The zero-order chi connectivity index (χ0) is 20.2. The molecule has 0 radical (unpaired) electrons. The van der Waals surface area contributed by atoms with Crippen LogP contribution in [0.5, 0.6) is 0 Å². The predicted molar refractivity (Wildman–Crippen MR) is 110 cm³/mol. The van der Waals surface area contributed by atoms with Gasteiger partial charge in [0, 0.05) is 31.7 Å². The van der Waals surface area contributed by atoms with E-state index in [1.54, 1.807) is 6.07 Å². The first-order valence-corrected chi connectivity index (χ1v) is 10.4.